The average molecular weight is 155 g/mol. The highest BCUT2D eigenvalue weighted by molar-refractivity contribution is 7.80. The molecule has 0 radical (unpaired) electrons. The van der Waals surface area contributed by atoms with Gasteiger partial charge in [0.2, 0.25) is 0 Å². The molecule has 0 bridgehead atoms. The van der Waals surface area contributed by atoms with Gasteiger partial charge in [-0.2, -0.15) is 8.42 Å². The van der Waals surface area contributed by atoms with E-state index in [4.69, 9.17) is 10.3 Å². The largest absolute Gasteiger partial charge is 0.398 e. The highest BCUT2D eigenvalue weighted by Crippen LogP contribution is 1.93. The van der Waals surface area contributed by atoms with E-state index in [-0.39, 0.29) is 0 Å². The van der Waals surface area contributed by atoms with Crippen molar-refractivity contribution in [1.29, 1.82) is 0 Å². The van der Waals surface area contributed by atoms with Gasteiger partial charge in [0.15, 0.2) is 0 Å². The van der Waals surface area contributed by atoms with Crippen LogP contribution in [0.3, 0.4) is 0 Å². The van der Waals surface area contributed by atoms with Crippen LogP contribution in [0.5, 0.6) is 0 Å². The van der Waals surface area contributed by atoms with Gasteiger partial charge in [-0.1, -0.05) is 6.92 Å². The van der Waals surface area contributed by atoms with Gasteiger partial charge in [-0.3, -0.25) is 4.55 Å². The first-order valence-corrected chi connectivity index (χ1v) is 3.73. The lowest BCUT2D eigenvalue weighted by Gasteiger charge is -2.04. The maximum atomic E-state index is 9.85. The van der Waals surface area contributed by atoms with Gasteiger partial charge in [0.05, 0.1) is 0 Å². The predicted octanol–water partition coefficient (Wildman–Crippen LogP) is -0.499. The van der Waals surface area contributed by atoms with Crippen LogP contribution in [-0.4, -0.2) is 19.2 Å². The highest BCUT2D eigenvalue weighted by atomic mass is 32.3. The molecule has 0 fully saturated rings. The lowest BCUT2D eigenvalue weighted by Crippen LogP contribution is -2.25. The van der Waals surface area contributed by atoms with Crippen molar-refractivity contribution in [3.63, 3.8) is 0 Å². The van der Waals surface area contributed by atoms with Gasteiger partial charge < -0.3 is 5.73 Å². The van der Waals surface area contributed by atoms with Crippen molar-refractivity contribution in [2.75, 3.05) is 0 Å². The van der Waals surface area contributed by atoms with E-state index >= 15 is 0 Å². The number of rotatable bonds is 3. The molecule has 0 aromatic carbocycles. The topological polar surface area (TPSA) is 89.6 Å². The molecule has 9 heavy (non-hydrogen) atoms. The minimum Gasteiger partial charge on any atom is -0.305 e. The van der Waals surface area contributed by atoms with Gasteiger partial charge in [-0.05, 0) is 6.42 Å². The van der Waals surface area contributed by atoms with E-state index in [2.05, 4.69) is 4.18 Å². The Hall–Kier alpha value is -0.170. The zero-order valence-electron chi connectivity index (χ0n) is 4.94. The second-order valence-electron chi connectivity index (χ2n) is 1.47. The third-order valence-electron chi connectivity index (χ3n) is 0.648. The van der Waals surface area contributed by atoms with Crippen molar-refractivity contribution in [3.05, 3.63) is 0 Å². The molecule has 3 N–H and O–H groups in total. The molecule has 6 heteroatoms. The van der Waals surface area contributed by atoms with Crippen LogP contribution in [0.4, 0.5) is 0 Å². The lowest BCUT2D eigenvalue weighted by atomic mass is 10.5. The highest BCUT2D eigenvalue weighted by Gasteiger charge is 2.09. The number of nitrogens with two attached hydrogens (primary N) is 1. The predicted molar refractivity (Wildman–Crippen MR) is 30.9 cm³/mol. The fourth-order valence-corrected chi connectivity index (χ4v) is 0.673. The molecule has 1 unspecified atom stereocenters. The second kappa shape index (κ2) is 3.11. The van der Waals surface area contributed by atoms with E-state index in [1.54, 1.807) is 6.92 Å². The molecule has 0 aromatic rings. The van der Waals surface area contributed by atoms with Gasteiger partial charge in [-0.15, -0.1) is 0 Å². The van der Waals surface area contributed by atoms with Crippen LogP contribution in [0.25, 0.3) is 0 Å². The van der Waals surface area contributed by atoms with E-state index in [9.17, 15) is 8.42 Å². The van der Waals surface area contributed by atoms with Gasteiger partial charge in [0.1, 0.15) is 6.23 Å². The Balaban J connectivity index is 3.75. The maximum absolute atomic E-state index is 9.85. The molecule has 0 saturated carbocycles. The van der Waals surface area contributed by atoms with E-state index in [1.807, 2.05) is 0 Å². The first-order valence-electron chi connectivity index (χ1n) is 2.37. The standard InChI is InChI=1S/C3H9NO4S/c1-2-3(4)8-9(5,6)7/h3H,2,4H2,1H3,(H,5,6,7). The number of hydrogen-bond donors (Lipinski definition) is 2. The van der Waals surface area contributed by atoms with Gasteiger partial charge in [-0.25, -0.2) is 4.18 Å². The molecular formula is C3H9NO4S. The number of hydrogen-bond acceptors (Lipinski definition) is 4. The van der Waals surface area contributed by atoms with Crippen LogP contribution in [0, 0.1) is 0 Å². The molecule has 0 aliphatic carbocycles. The monoisotopic (exact) mass is 155 g/mol. The molecule has 0 aromatic heterocycles. The Labute approximate surface area is 53.8 Å². The molecule has 56 valence electrons. The van der Waals surface area contributed by atoms with Crippen molar-refractivity contribution in [2.45, 2.75) is 19.6 Å². The minimum atomic E-state index is -4.36. The fraction of sp³-hybridized carbons (Fsp3) is 1.00. The average Bonchev–Trinajstić information content (AvgIpc) is 1.62. The first-order chi connectivity index (χ1) is 3.95. The molecule has 0 spiro atoms. The van der Waals surface area contributed by atoms with Crippen LogP contribution < -0.4 is 5.73 Å². The summed E-state index contributed by atoms with van der Waals surface area (Å²) < 4.78 is 31.6. The fourth-order valence-electron chi connectivity index (χ4n) is 0.224. The van der Waals surface area contributed by atoms with Crippen LogP contribution in [0.15, 0.2) is 0 Å². The first kappa shape index (κ1) is 8.83. The van der Waals surface area contributed by atoms with E-state index < -0.39 is 16.6 Å². The third-order valence-corrected chi connectivity index (χ3v) is 1.14. The molecule has 0 aliphatic heterocycles. The SMILES string of the molecule is CCC(N)OS(=O)(=O)O. The summed E-state index contributed by atoms with van der Waals surface area (Å²) in [6.45, 7) is 1.63. The summed E-state index contributed by atoms with van der Waals surface area (Å²) in [6, 6.07) is 0. The zero-order valence-corrected chi connectivity index (χ0v) is 5.76. The van der Waals surface area contributed by atoms with Crippen LogP contribution in [-0.2, 0) is 14.6 Å². The lowest BCUT2D eigenvalue weighted by molar-refractivity contribution is 0.184. The van der Waals surface area contributed by atoms with Crippen LogP contribution in [0.1, 0.15) is 13.3 Å². The minimum absolute atomic E-state index is 0.333. The van der Waals surface area contributed by atoms with E-state index in [0.29, 0.717) is 6.42 Å². The van der Waals surface area contributed by atoms with Gasteiger partial charge in [0, 0.05) is 0 Å². The van der Waals surface area contributed by atoms with Crippen LogP contribution in [0.2, 0.25) is 0 Å². The Morgan fingerprint density at radius 2 is 2.22 bits per heavy atom. The Bertz CT molecular complexity index is 163. The maximum Gasteiger partial charge on any atom is 0.398 e. The van der Waals surface area contributed by atoms with Crippen molar-refractivity contribution < 1.29 is 17.2 Å². The van der Waals surface area contributed by atoms with Crippen LogP contribution >= 0.6 is 0 Å². The van der Waals surface area contributed by atoms with Crippen molar-refractivity contribution >= 4 is 10.4 Å². The summed E-state index contributed by atoms with van der Waals surface area (Å²) in [5.41, 5.74) is 5.00. The Morgan fingerprint density at radius 3 is 2.33 bits per heavy atom. The molecule has 1 atom stereocenters. The zero-order chi connectivity index (χ0) is 7.49. The molecule has 0 rings (SSSR count). The van der Waals surface area contributed by atoms with Crippen molar-refractivity contribution in [3.8, 4) is 0 Å². The summed E-state index contributed by atoms with van der Waals surface area (Å²) in [4.78, 5) is 0. The third kappa shape index (κ3) is 5.71. The summed E-state index contributed by atoms with van der Waals surface area (Å²) in [6.07, 6.45) is -0.611. The summed E-state index contributed by atoms with van der Waals surface area (Å²) in [5, 5.41) is 0. The molecule has 0 saturated heterocycles. The molecule has 5 nitrogen and oxygen atoms in total. The van der Waals surface area contributed by atoms with E-state index in [1.165, 1.54) is 0 Å². The van der Waals surface area contributed by atoms with Gasteiger partial charge >= 0.3 is 10.4 Å². The van der Waals surface area contributed by atoms with Gasteiger partial charge in [0.25, 0.3) is 0 Å². The summed E-state index contributed by atoms with van der Waals surface area (Å²) in [7, 11) is -4.36. The van der Waals surface area contributed by atoms with Crippen molar-refractivity contribution in [2.24, 2.45) is 5.73 Å². The van der Waals surface area contributed by atoms with E-state index in [0.717, 1.165) is 0 Å². The summed E-state index contributed by atoms with van der Waals surface area (Å²) >= 11 is 0. The molecule has 0 amide bonds. The Morgan fingerprint density at radius 1 is 1.78 bits per heavy atom. The normalized spacial score (nSPS) is 15.4. The summed E-state index contributed by atoms with van der Waals surface area (Å²) in [5.74, 6) is 0. The smallest absolute Gasteiger partial charge is 0.305 e. The molecular weight excluding hydrogens is 146 g/mol. The quantitative estimate of drug-likeness (QED) is 0.423. The van der Waals surface area contributed by atoms with Crippen molar-refractivity contribution in [1.82, 2.24) is 0 Å². The molecule has 0 aliphatic rings. The molecule has 0 heterocycles. The Kier molecular flexibility index (Phi) is 3.06. The second-order valence-corrected chi connectivity index (χ2v) is 2.52.